The lowest BCUT2D eigenvalue weighted by Crippen LogP contribution is -2.24. The van der Waals surface area contributed by atoms with E-state index in [1.807, 2.05) is 6.07 Å². The van der Waals surface area contributed by atoms with Gasteiger partial charge in [0.2, 0.25) is 5.91 Å². The quantitative estimate of drug-likeness (QED) is 0.865. The van der Waals surface area contributed by atoms with Crippen molar-refractivity contribution >= 4 is 11.6 Å². The molecule has 1 amide bonds. The molecule has 0 aromatic heterocycles. The normalized spacial score (nSPS) is 14.6. The van der Waals surface area contributed by atoms with Crippen LogP contribution in [-0.4, -0.2) is 18.6 Å². The Balaban J connectivity index is 1.74. The Morgan fingerprint density at radius 3 is 3.00 bits per heavy atom. The van der Waals surface area contributed by atoms with Gasteiger partial charge in [0.15, 0.2) is 0 Å². The Hall–Kier alpha value is -1.86. The number of nitrogens with one attached hydrogen (secondary N) is 1. The van der Waals surface area contributed by atoms with Crippen LogP contribution in [0.4, 0.5) is 5.69 Å². The second-order valence-electron chi connectivity index (χ2n) is 4.41. The van der Waals surface area contributed by atoms with Crippen molar-refractivity contribution in [1.82, 2.24) is 0 Å². The van der Waals surface area contributed by atoms with Gasteiger partial charge in [0.25, 0.3) is 0 Å². The molecule has 18 heavy (non-hydrogen) atoms. The second-order valence-corrected chi connectivity index (χ2v) is 4.41. The highest BCUT2D eigenvalue weighted by Crippen LogP contribution is 2.21. The average Bonchev–Trinajstić information content (AvgIpc) is 2.32. The first-order valence-electron chi connectivity index (χ1n) is 6.19. The molecule has 0 unspecified atom stereocenters. The summed E-state index contributed by atoms with van der Waals surface area (Å²) in [6, 6.07) is 8.92. The summed E-state index contributed by atoms with van der Waals surface area (Å²) in [6.45, 7) is 0.467. The monoisotopic (exact) mass is 244 g/mol. The van der Waals surface area contributed by atoms with E-state index < -0.39 is 0 Å². The van der Waals surface area contributed by atoms with Crippen LogP contribution in [0, 0.1) is 11.3 Å². The first kappa shape index (κ1) is 12.6. The maximum atomic E-state index is 11.6. The van der Waals surface area contributed by atoms with Gasteiger partial charge in [-0.05, 0) is 37.5 Å². The van der Waals surface area contributed by atoms with Gasteiger partial charge in [-0.15, -0.1) is 0 Å². The standard InChI is InChI=1S/C14H16N2O2/c15-10-11-3-1-4-12(9-11)16-14(17)7-8-18-13-5-2-6-13/h1,3-4,9,13H,2,5-8H2,(H,16,17). The number of nitriles is 1. The van der Waals surface area contributed by atoms with Crippen LogP contribution in [0.2, 0.25) is 0 Å². The summed E-state index contributed by atoms with van der Waals surface area (Å²) < 4.78 is 5.52. The summed E-state index contributed by atoms with van der Waals surface area (Å²) in [5.74, 6) is -0.0792. The summed E-state index contributed by atoms with van der Waals surface area (Å²) in [5, 5.41) is 11.5. The zero-order valence-electron chi connectivity index (χ0n) is 10.2. The topological polar surface area (TPSA) is 62.1 Å². The van der Waals surface area contributed by atoms with Gasteiger partial charge in [0, 0.05) is 5.69 Å². The minimum atomic E-state index is -0.0792. The third kappa shape index (κ3) is 3.57. The average molecular weight is 244 g/mol. The number of nitrogens with zero attached hydrogens (tertiary/aromatic N) is 1. The molecule has 0 aliphatic heterocycles. The van der Waals surface area contributed by atoms with Gasteiger partial charge in [-0.1, -0.05) is 6.07 Å². The number of carbonyl (C=O) groups excluding carboxylic acids is 1. The Morgan fingerprint density at radius 2 is 2.33 bits per heavy atom. The van der Waals surface area contributed by atoms with Crippen molar-refractivity contribution < 1.29 is 9.53 Å². The van der Waals surface area contributed by atoms with Gasteiger partial charge >= 0.3 is 0 Å². The molecule has 4 heteroatoms. The third-order valence-electron chi connectivity index (χ3n) is 3.01. The number of rotatable bonds is 5. The maximum absolute atomic E-state index is 11.6. The molecule has 0 heterocycles. The van der Waals surface area contributed by atoms with Gasteiger partial charge < -0.3 is 10.1 Å². The molecule has 0 radical (unpaired) electrons. The van der Waals surface area contributed by atoms with Crippen molar-refractivity contribution in [3.05, 3.63) is 29.8 Å². The fraction of sp³-hybridized carbons (Fsp3) is 0.429. The number of amides is 1. The minimum Gasteiger partial charge on any atom is -0.378 e. The Bertz CT molecular complexity index is 461. The van der Waals surface area contributed by atoms with Gasteiger partial charge in [-0.2, -0.15) is 5.26 Å². The van der Waals surface area contributed by atoms with E-state index in [0.29, 0.717) is 30.4 Å². The minimum absolute atomic E-state index is 0.0792. The van der Waals surface area contributed by atoms with Crippen LogP contribution in [0.5, 0.6) is 0 Å². The summed E-state index contributed by atoms with van der Waals surface area (Å²) in [7, 11) is 0. The number of benzene rings is 1. The lowest BCUT2D eigenvalue weighted by molar-refractivity contribution is -0.118. The molecule has 1 saturated carbocycles. The Kier molecular flexibility index (Phi) is 4.32. The smallest absolute Gasteiger partial charge is 0.226 e. The molecule has 1 fully saturated rings. The van der Waals surface area contributed by atoms with E-state index in [4.69, 9.17) is 10.00 Å². The number of hydrogen-bond acceptors (Lipinski definition) is 3. The summed E-state index contributed by atoms with van der Waals surface area (Å²) in [5.41, 5.74) is 1.20. The largest absolute Gasteiger partial charge is 0.378 e. The highest BCUT2D eigenvalue weighted by Gasteiger charge is 2.17. The molecule has 94 valence electrons. The second kappa shape index (κ2) is 6.18. The molecule has 2 rings (SSSR count). The zero-order valence-corrected chi connectivity index (χ0v) is 10.2. The molecule has 0 saturated heterocycles. The highest BCUT2D eigenvalue weighted by molar-refractivity contribution is 5.90. The predicted octanol–water partition coefficient (Wildman–Crippen LogP) is 2.46. The first-order valence-corrected chi connectivity index (χ1v) is 6.19. The number of anilines is 1. The summed E-state index contributed by atoms with van der Waals surface area (Å²) >= 11 is 0. The molecule has 4 nitrogen and oxygen atoms in total. The van der Waals surface area contributed by atoms with Gasteiger partial charge in [0.05, 0.1) is 30.8 Å². The van der Waals surface area contributed by atoms with Crippen LogP contribution in [-0.2, 0) is 9.53 Å². The molecular formula is C14H16N2O2. The Morgan fingerprint density at radius 1 is 1.50 bits per heavy atom. The van der Waals surface area contributed by atoms with E-state index in [1.54, 1.807) is 24.3 Å². The summed E-state index contributed by atoms with van der Waals surface area (Å²) in [4.78, 5) is 11.6. The van der Waals surface area contributed by atoms with Crippen LogP contribution in [0.1, 0.15) is 31.2 Å². The van der Waals surface area contributed by atoms with E-state index in [9.17, 15) is 4.79 Å². The zero-order chi connectivity index (χ0) is 12.8. The first-order chi connectivity index (χ1) is 8.78. The van der Waals surface area contributed by atoms with E-state index in [0.717, 1.165) is 12.8 Å². The van der Waals surface area contributed by atoms with Crippen LogP contribution in [0.15, 0.2) is 24.3 Å². The molecule has 0 atom stereocenters. The van der Waals surface area contributed by atoms with Crippen molar-refractivity contribution in [3.8, 4) is 6.07 Å². The molecule has 1 aromatic rings. The van der Waals surface area contributed by atoms with Crippen molar-refractivity contribution in [2.45, 2.75) is 31.8 Å². The Labute approximate surface area is 107 Å². The molecule has 1 aliphatic rings. The molecule has 1 aromatic carbocycles. The number of carbonyl (C=O) groups is 1. The van der Waals surface area contributed by atoms with Crippen molar-refractivity contribution in [2.75, 3.05) is 11.9 Å². The fourth-order valence-corrected chi connectivity index (χ4v) is 1.75. The number of hydrogen-bond donors (Lipinski definition) is 1. The summed E-state index contributed by atoms with van der Waals surface area (Å²) in [6.07, 6.45) is 4.18. The van der Waals surface area contributed by atoms with Gasteiger partial charge in [-0.3, -0.25) is 4.79 Å². The van der Waals surface area contributed by atoms with Crippen LogP contribution >= 0.6 is 0 Å². The predicted molar refractivity (Wildman–Crippen MR) is 68.0 cm³/mol. The van der Waals surface area contributed by atoms with Gasteiger partial charge in [-0.25, -0.2) is 0 Å². The van der Waals surface area contributed by atoms with E-state index in [2.05, 4.69) is 5.32 Å². The molecule has 0 spiro atoms. The van der Waals surface area contributed by atoms with Crippen LogP contribution in [0.3, 0.4) is 0 Å². The molecule has 0 bridgehead atoms. The SMILES string of the molecule is N#Cc1cccc(NC(=O)CCOC2CCC2)c1. The van der Waals surface area contributed by atoms with E-state index in [1.165, 1.54) is 6.42 Å². The van der Waals surface area contributed by atoms with Crippen molar-refractivity contribution in [1.29, 1.82) is 5.26 Å². The maximum Gasteiger partial charge on any atom is 0.226 e. The van der Waals surface area contributed by atoms with Crippen LogP contribution < -0.4 is 5.32 Å². The van der Waals surface area contributed by atoms with E-state index in [-0.39, 0.29) is 5.91 Å². The van der Waals surface area contributed by atoms with Gasteiger partial charge in [0.1, 0.15) is 0 Å². The lowest BCUT2D eigenvalue weighted by atomic mass is 9.96. The van der Waals surface area contributed by atoms with E-state index >= 15 is 0 Å². The number of ether oxygens (including phenoxy) is 1. The third-order valence-corrected chi connectivity index (χ3v) is 3.01. The van der Waals surface area contributed by atoms with Crippen LogP contribution in [0.25, 0.3) is 0 Å². The lowest BCUT2D eigenvalue weighted by Gasteiger charge is -2.25. The fourth-order valence-electron chi connectivity index (χ4n) is 1.75. The molecule has 1 aliphatic carbocycles. The molecule has 1 N–H and O–H groups in total. The van der Waals surface area contributed by atoms with Crippen molar-refractivity contribution in [2.24, 2.45) is 0 Å². The molecular weight excluding hydrogens is 228 g/mol. The highest BCUT2D eigenvalue weighted by atomic mass is 16.5. The van der Waals surface area contributed by atoms with Crippen molar-refractivity contribution in [3.63, 3.8) is 0 Å².